The van der Waals surface area contributed by atoms with Crippen molar-refractivity contribution in [2.45, 2.75) is 32.7 Å². The molecule has 3 aromatic carbocycles. The highest BCUT2D eigenvalue weighted by atomic mass is 16.5. The summed E-state index contributed by atoms with van der Waals surface area (Å²) >= 11 is 0. The van der Waals surface area contributed by atoms with E-state index in [4.69, 9.17) is 9.47 Å². The van der Waals surface area contributed by atoms with Crippen molar-refractivity contribution in [1.29, 1.82) is 0 Å². The third kappa shape index (κ3) is 4.49. The van der Waals surface area contributed by atoms with Crippen LogP contribution in [0.5, 0.6) is 11.5 Å². The van der Waals surface area contributed by atoms with Crippen LogP contribution in [0.15, 0.2) is 72.3 Å². The molecule has 2 aliphatic heterocycles. The largest absolute Gasteiger partial charge is 0.507 e. The summed E-state index contributed by atoms with van der Waals surface area (Å²) in [6.07, 6.45) is 0. The number of carbonyl (C=O) groups excluding carboxylic acids is 2. The number of Topliss-reactive ketones (excluding diaryl/α,β-unsaturated/α-hetero) is 1. The number of benzene rings is 3. The lowest BCUT2D eigenvalue weighted by molar-refractivity contribution is -0.132. The number of ketones is 1. The maximum atomic E-state index is 13.6. The third-order valence-electron chi connectivity index (χ3n) is 7.10. The second-order valence-electron chi connectivity index (χ2n) is 9.87. The quantitative estimate of drug-likeness (QED) is 0.261. The molecule has 0 saturated carbocycles. The van der Waals surface area contributed by atoms with Gasteiger partial charge in [-0.05, 0) is 66.4 Å². The van der Waals surface area contributed by atoms with Crippen LogP contribution in [-0.4, -0.2) is 43.6 Å². The topological polar surface area (TPSA) is 79.3 Å². The first-order valence-corrected chi connectivity index (χ1v) is 12.9. The van der Waals surface area contributed by atoms with Crippen LogP contribution >= 0.6 is 0 Å². The molecule has 1 atom stereocenters. The summed E-state index contributed by atoms with van der Waals surface area (Å²) in [5.74, 6) is 0.0152. The SMILES string of the molecule is CCOc1cccc(C2/C(=C(/O)c3ccc4c(c3)N(C)CCO4)C(=O)C(=O)N2c2ccc(C(C)C)cc2)c1. The number of likely N-dealkylation sites (N-methyl/N-ethyl adjacent to an activating group) is 1. The van der Waals surface area contributed by atoms with Crippen molar-refractivity contribution >= 4 is 28.8 Å². The normalized spacial score (nSPS) is 18.5. The van der Waals surface area contributed by atoms with Crippen LogP contribution in [0.25, 0.3) is 5.76 Å². The molecular weight excluding hydrogens is 480 g/mol. The lowest BCUT2D eigenvalue weighted by Gasteiger charge is -2.28. The molecule has 1 saturated heterocycles. The Bertz CT molecular complexity index is 1410. The van der Waals surface area contributed by atoms with Gasteiger partial charge in [0.1, 0.15) is 23.9 Å². The molecule has 3 aromatic rings. The minimum atomic E-state index is -0.828. The van der Waals surface area contributed by atoms with Crippen molar-refractivity contribution in [1.82, 2.24) is 0 Å². The Balaban J connectivity index is 1.68. The van der Waals surface area contributed by atoms with Gasteiger partial charge in [-0.15, -0.1) is 0 Å². The van der Waals surface area contributed by atoms with Crippen LogP contribution in [0, 0.1) is 0 Å². The van der Waals surface area contributed by atoms with Crippen LogP contribution in [-0.2, 0) is 9.59 Å². The summed E-state index contributed by atoms with van der Waals surface area (Å²) in [6.45, 7) is 7.85. The molecule has 2 aliphatic rings. The number of aliphatic hydroxyl groups is 1. The number of anilines is 2. The fourth-order valence-corrected chi connectivity index (χ4v) is 5.03. The van der Waals surface area contributed by atoms with Crippen LogP contribution in [0.1, 0.15) is 49.4 Å². The first kappa shape index (κ1) is 25.4. The van der Waals surface area contributed by atoms with Gasteiger partial charge < -0.3 is 19.5 Å². The zero-order valence-corrected chi connectivity index (χ0v) is 22.1. The number of hydrogen-bond acceptors (Lipinski definition) is 6. The molecule has 1 fully saturated rings. The van der Waals surface area contributed by atoms with Crippen molar-refractivity contribution in [3.05, 3.63) is 89.0 Å². The summed E-state index contributed by atoms with van der Waals surface area (Å²) in [7, 11) is 1.95. The van der Waals surface area contributed by atoms with E-state index in [1.165, 1.54) is 4.90 Å². The molecule has 0 spiro atoms. The Morgan fingerprint density at radius 1 is 1.08 bits per heavy atom. The molecule has 2 heterocycles. The van der Waals surface area contributed by atoms with E-state index in [0.717, 1.165) is 11.3 Å². The zero-order chi connectivity index (χ0) is 27.0. The highest BCUT2D eigenvalue weighted by molar-refractivity contribution is 6.51. The maximum Gasteiger partial charge on any atom is 0.300 e. The monoisotopic (exact) mass is 512 g/mol. The number of nitrogens with zero attached hydrogens (tertiary/aromatic N) is 2. The summed E-state index contributed by atoms with van der Waals surface area (Å²) < 4.78 is 11.4. The molecule has 0 aromatic heterocycles. The van der Waals surface area contributed by atoms with E-state index in [9.17, 15) is 14.7 Å². The standard InChI is InChI=1S/C31H32N2O5/c1-5-37-24-8-6-7-21(17-24)28-27(29(34)22-11-14-26-25(18-22)32(4)15-16-38-26)30(35)31(36)33(28)23-12-9-20(10-13-23)19(2)3/h6-14,17-19,28,34H,5,15-16H2,1-4H3/b29-27-. The predicted octanol–water partition coefficient (Wildman–Crippen LogP) is 5.66. The van der Waals surface area contributed by atoms with Gasteiger partial charge in [-0.2, -0.15) is 0 Å². The first-order chi connectivity index (χ1) is 18.3. The van der Waals surface area contributed by atoms with Gasteiger partial charge in [-0.3, -0.25) is 14.5 Å². The lowest BCUT2D eigenvalue weighted by Crippen LogP contribution is -2.29. The van der Waals surface area contributed by atoms with Crippen molar-refractivity contribution in [3.63, 3.8) is 0 Å². The van der Waals surface area contributed by atoms with Gasteiger partial charge in [0.15, 0.2) is 0 Å². The Labute approximate surface area is 222 Å². The average molecular weight is 513 g/mol. The molecule has 5 rings (SSSR count). The van der Waals surface area contributed by atoms with Gasteiger partial charge in [0.25, 0.3) is 11.7 Å². The molecule has 38 heavy (non-hydrogen) atoms. The molecule has 7 nitrogen and oxygen atoms in total. The maximum absolute atomic E-state index is 13.6. The van der Waals surface area contributed by atoms with Crippen LogP contribution in [0.3, 0.4) is 0 Å². The molecule has 1 unspecified atom stereocenters. The minimum Gasteiger partial charge on any atom is -0.507 e. The summed E-state index contributed by atoms with van der Waals surface area (Å²) in [5, 5.41) is 11.6. The fourth-order valence-electron chi connectivity index (χ4n) is 5.03. The summed E-state index contributed by atoms with van der Waals surface area (Å²) in [5.41, 5.74) is 3.68. The molecule has 0 radical (unpaired) electrons. The summed E-state index contributed by atoms with van der Waals surface area (Å²) in [4.78, 5) is 30.6. The Morgan fingerprint density at radius 3 is 2.55 bits per heavy atom. The van der Waals surface area contributed by atoms with Crippen LogP contribution in [0.2, 0.25) is 0 Å². The second-order valence-corrected chi connectivity index (χ2v) is 9.87. The number of amides is 1. The van der Waals surface area contributed by atoms with Gasteiger partial charge in [0, 0.05) is 18.3 Å². The first-order valence-electron chi connectivity index (χ1n) is 12.9. The van der Waals surface area contributed by atoms with Crippen molar-refractivity contribution in [2.24, 2.45) is 0 Å². The Hall–Kier alpha value is -4.26. The van der Waals surface area contributed by atoms with E-state index in [2.05, 4.69) is 13.8 Å². The molecule has 0 bridgehead atoms. The predicted molar refractivity (Wildman–Crippen MR) is 148 cm³/mol. The molecule has 196 valence electrons. The number of fused-ring (bicyclic) bond motifs is 1. The smallest absolute Gasteiger partial charge is 0.300 e. The van der Waals surface area contributed by atoms with Crippen LogP contribution < -0.4 is 19.3 Å². The van der Waals surface area contributed by atoms with Crippen LogP contribution in [0.4, 0.5) is 11.4 Å². The lowest BCUT2D eigenvalue weighted by atomic mass is 9.94. The van der Waals surface area contributed by atoms with E-state index in [1.54, 1.807) is 18.2 Å². The average Bonchev–Trinajstić information content (AvgIpc) is 3.19. The molecule has 1 N–H and O–H groups in total. The van der Waals surface area contributed by atoms with Crippen molar-refractivity contribution < 1.29 is 24.2 Å². The van der Waals surface area contributed by atoms with Gasteiger partial charge >= 0.3 is 0 Å². The van der Waals surface area contributed by atoms with Gasteiger partial charge in [0.05, 0.1) is 30.5 Å². The van der Waals surface area contributed by atoms with Gasteiger partial charge in [-0.25, -0.2) is 0 Å². The number of aliphatic hydroxyl groups excluding tert-OH is 1. The van der Waals surface area contributed by atoms with Crippen molar-refractivity contribution in [2.75, 3.05) is 36.6 Å². The molecule has 7 heteroatoms. The number of rotatable bonds is 6. The zero-order valence-electron chi connectivity index (χ0n) is 22.1. The molecule has 0 aliphatic carbocycles. The van der Waals surface area contributed by atoms with E-state index in [0.29, 0.717) is 54.0 Å². The van der Waals surface area contributed by atoms with Gasteiger partial charge in [0.2, 0.25) is 0 Å². The van der Waals surface area contributed by atoms with E-state index < -0.39 is 17.7 Å². The minimum absolute atomic E-state index is 0.0379. The van der Waals surface area contributed by atoms with Gasteiger partial charge in [-0.1, -0.05) is 38.1 Å². The third-order valence-corrected chi connectivity index (χ3v) is 7.10. The number of hydrogen-bond donors (Lipinski definition) is 1. The Morgan fingerprint density at radius 2 is 1.84 bits per heavy atom. The summed E-state index contributed by atoms with van der Waals surface area (Å²) in [6, 6.07) is 19.4. The van der Waals surface area contributed by atoms with Crippen molar-refractivity contribution in [3.8, 4) is 11.5 Å². The number of carbonyl (C=O) groups is 2. The fraction of sp³-hybridized carbons (Fsp3) is 0.290. The highest BCUT2D eigenvalue weighted by Crippen LogP contribution is 2.44. The highest BCUT2D eigenvalue weighted by Gasteiger charge is 2.47. The second kappa shape index (κ2) is 10.2. The number of ether oxygens (including phenoxy) is 2. The molecular formula is C31H32N2O5. The van der Waals surface area contributed by atoms with E-state index in [1.807, 2.05) is 67.4 Å². The Kier molecular flexibility index (Phi) is 6.85. The molecule has 1 amide bonds. The van der Waals surface area contributed by atoms with E-state index >= 15 is 0 Å². The van der Waals surface area contributed by atoms with E-state index in [-0.39, 0.29) is 11.3 Å².